The molecular weight excluding hydrogens is 419 g/mol. The van der Waals surface area contributed by atoms with Gasteiger partial charge in [0.1, 0.15) is 0 Å². The molecular formula is C20H24F3N3O5. The maximum atomic E-state index is 12.7. The number of pyridine rings is 1. The van der Waals surface area contributed by atoms with Crippen LogP contribution < -0.4 is 0 Å². The number of likely N-dealkylation sites (tertiary alicyclic amines) is 2. The Morgan fingerprint density at radius 3 is 2.61 bits per heavy atom. The van der Waals surface area contributed by atoms with E-state index in [1.807, 2.05) is 15.9 Å². The van der Waals surface area contributed by atoms with E-state index in [4.69, 9.17) is 14.6 Å². The first kappa shape index (κ1) is 23.0. The second-order valence-corrected chi connectivity index (χ2v) is 7.82. The maximum Gasteiger partial charge on any atom is 0.490 e. The van der Waals surface area contributed by atoms with Crippen LogP contribution in [0.4, 0.5) is 13.2 Å². The van der Waals surface area contributed by atoms with Crippen LogP contribution in [0.1, 0.15) is 29.6 Å². The van der Waals surface area contributed by atoms with Crippen LogP contribution in [-0.2, 0) is 14.3 Å². The molecule has 3 saturated heterocycles. The summed E-state index contributed by atoms with van der Waals surface area (Å²) < 4.78 is 37.7. The summed E-state index contributed by atoms with van der Waals surface area (Å²) in [6.07, 6.45) is 0.858. The highest BCUT2D eigenvalue weighted by atomic mass is 19.4. The van der Waals surface area contributed by atoms with Crippen LogP contribution in [0.3, 0.4) is 0 Å². The molecule has 2 amide bonds. The number of piperidine rings is 1. The molecule has 3 fully saturated rings. The van der Waals surface area contributed by atoms with E-state index in [1.54, 1.807) is 18.5 Å². The van der Waals surface area contributed by atoms with Crippen LogP contribution in [-0.4, -0.2) is 82.7 Å². The standard InChI is InChI=1S/C18H23N3O3.C2HF3O2/c22-17-4-2-7-20(17)11-16-15-10-21(8-5-14(15)12-24-16)18(23)13-3-1-6-19-9-13;3-2(4,5)1(6)7/h1,3,6,9,14-16H,2,4-5,7-8,10-12H2;(H,6,7)/t14-,15-,16+;/m1./s1. The first-order chi connectivity index (χ1) is 14.7. The number of aromatic nitrogens is 1. The molecule has 4 rings (SSSR count). The fraction of sp³-hybridized carbons (Fsp3) is 0.600. The summed E-state index contributed by atoms with van der Waals surface area (Å²) in [7, 11) is 0. The number of hydrogen-bond acceptors (Lipinski definition) is 5. The van der Waals surface area contributed by atoms with Gasteiger partial charge in [0.15, 0.2) is 0 Å². The molecule has 0 saturated carbocycles. The van der Waals surface area contributed by atoms with E-state index >= 15 is 0 Å². The van der Waals surface area contributed by atoms with Crippen molar-refractivity contribution in [3.63, 3.8) is 0 Å². The van der Waals surface area contributed by atoms with E-state index < -0.39 is 12.1 Å². The Labute approximate surface area is 177 Å². The van der Waals surface area contributed by atoms with Crippen molar-refractivity contribution in [2.45, 2.75) is 31.5 Å². The molecule has 0 aromatic carbocycles. The third-order valence-electron chi connectivity index (χ3n) is 5.82. The zero-order chi connectivity index (χ0) is 22.6. The molecule has 0 radical (unpaired) electrons. The predicted molar refractivity (Wildman–Crippen MR) is 101 cm³/mol. The molecule has 11 heteroatoms. The second-order valence-electron chi connectivity index (χ2n) is 7.82. The fourth-order valence-electron chi connectivity index (χ4n) is 4.19. The van der Waals surface area contributed by atoms with E-state index in [0.29, 0.717) is 36.9 Å². The summed E-state index contributed by atoms with van der Waals surface area (Å²) in [5.74, 6) is -1.64. The molecule has 0 spiro atoms. The highest BCUT2D eigenvalue weighted by Crippen LogP contribution is 2.35. The summed E-state index contributed by atoms with van der Waals surface area (Å²) in [6.45, 7) is 3.76. The summed E-state index contributed by atoms with van der Waals surface area (Å²) in [4.78, 5) is 41.3. The summed E-state index contributed by atoms with van der Waals surface area (Å²) in [5, 5.41) is 7.12. The van der Waals surface area contributed by atoms with Gasteiger partial charge in [-0.2, -0.15) is 13.2 Å². The summed E-state index contributed by atoms with van der Waals surface area (Å²) in [6, 6.07) is 3.60. The Hall–Kier alpha value is -2.69. The van der Waals surface area contributed by atoms with Crippen LogP contribution in [0.2, 0.25) is 0 Å². The third-order valence-corrected chi connectivity index (χ3v) is 5.82. The number of carboxylic acids is 1. The van der Waals surface area contributed by atoms with Gasteiger partial charge in [-0.25, -0.2) is 4.79 Å². The number of nitrogens with zero attached hydrogens (tertiary/aromatic N) is 3. The molecule has 3 atom stereocenters. The van der Waals surface area contributed by atoms with Crippen molar-refractivity contribution >= 4 is 17.8 Å². The second kappa shape index (κ2) is 9.63. The van der Waals surface area contributed by atoms with Gasteiger partial charge in [0.2, 0.25) is 5.91 Å². The summed E-state index contributed by atoms with van der Waals surface area (Å²) >= 11 is 0. The SMILES string of the molecule is O=C(O)C(F)(F)F.O=C1CCCN1C[C@@H]1OC[C@H]2CCN(C(=O)c3cccnc3)C[C@H]21. The van der Waals surface area contributed by atoms with Gasteiger partial charge in [-0.1, -0.05) is 0 Å². The Bertz CT molecular complexity index is 805. The molecule has 3 aliphatic heterocycles. The minimum Gasteiger partial charge on any atom is -0.475 e. The van der Waals surface area contributed by atoms with Gasteiger partial charge in [0.25, 0.3) is 5.91 Å². The molecule has 4 heterocycles. The molecule has 8 nitrogen and oxygen atoms in total. The number of carbonyl (C=O) groups excluding carboxylic acids is 2. The Balaban J connectivity index is 0.000000339. The quantitative estimate of drug-likeness (QED) is 0.765. The molecule has 31 heavy (non-hydrogen) atoms. The number of halogens is 3. The molecule has 3 aliphatic rings. The normalized spacial score (nSPS) is 25.6. The molecule has 1 aromatic heterocycles. The smallest absolute Gasteiger partial charge is 0.475 e. The Morgan fingerprint density at radius 2 is 2.03 bits per heavy atom. The van der Waals surface area contributed by atoms with E-state index in [0.717, 1.165) is 32.5 Å². The van der Waals surface area contributed by atoms with Gasteiger partial charge < -0.3 is 19.6 Å². The number of aliphatic carboxylic acids is 1. The molecule has 0 bridgehead atoms. The molecule has 1 aromatic rings. The van der Waals surface area contributed by atoms with Gasteiger partial charge >= 0.3 is 12.1 Å². The average Bonchev–Trinajstić information content (AvgIpc) is 3.34. The van der Waals surface area contributed by atoms with Crippen molar-refractivity contribution in [1.82, 2.24) is 14.8 Å². The number of carbonyl (C=O) groups is 3. The topological polar surface area (TPSA) is 100 Å². The van der Waals surface area contributed by atoms with Crippen molar-refractivity contribution in [3.05, 3.63) is 30.1 Å². The maximum absolute atomic E-state index is 12.7. The van der Waals surface area contributed by atoms with Crippen LogP contribution in [0.5, 0.6) is 0 Å². The van der Waals surface area contributed by atoms with E-state index in [-0.39, 0.29) is 17.9 Å². The van der Waals surface area contributed by atoms with E-state index in [2.05, 4.69) is 4.98 Å². The van der Waals surface area contributed by atoms with Gasteiger partial charge in [0, 0.05) is 50.9 Å². The zero-order valence-electron chi connectivity index (χ0n) is 16.8. The van der Waals surface area contributed by atoms with Crippen LogP contribution in [0.15, 0.2) is 24.5 Å². The minimum absolute atomic E-state index is 0.0458. The number of alkyl halides is 3. The third kappa shape index (κ3) is 5.72. The van der Waals surface area contributed by atoms with Crippen LogP contribution in [0.25, 0.3) is 0 Å². The van der Waals surface area contributed by atoms with Crippen molar-refractivity contribution in [2.24, 2.45) is 11.8 Å². The van der Waals surface area contributed by atoms with Gasteiger partial charge in [-0.3, -0.25) is 14.6 Å². The van der Waals surface area contributed by atoms with E-state index in [9.17, 15) is 22.8 Å². The fourth-order valence-corrected chi connectivity index (χ4v) is 4.19. The van der Waals surface area contributed by atoms with Crippen LogP contribution >= 0.6 is 0 Å². The molecule has 170 valence electrons. The van der Waals surface area contributed by atoms with Crippen molar-refractivity contribution in [1.29, 1.82) is 0 Å². The minimum atomic E-state index is -5.08. The highest BCUT2D eigenvalue weighted by molar-refractivity contribution is 5.93. The van der Waals surface area contributed by atoms with Crippen molar-refractivity contribution in [3.8, 4) is 0 Å². The van der Waals surface area contributed by atoms with Crippen molar-refractivity contribution < 1.29 is 37.4 Å². The zero-order valence-corrected chi connectivity index (χ0v) is 16.8. The molecule has 1 N–H and O–H groups in total. The highest BCUT2D eigenvalue weighted by Gasteiger charge is 2.43. The first-order valence-electron chi connectivity index (χ1n) is 10.1. The number of hydrogen-bond donors (Lipinski definition) is 1. The lowest BCUT2D eigenvalue weighted by Crippen LogP contribution is -2.47. The monoisotopic (exact) mass is 443 g/mol. The van der Waals surface area contributed by atoms with E-state index in [1.165, 1.54) is 0 Å². The number of carboxylic acid groups (broad SMARTS) is 1. The molecule has 0 aliphatic carbocycles. The largest absolute Gasteiger partial charge is 0.490 e. The van der Waals surface area contributed by atoms with Gasteiger partial charge in [0.05, 0.1) is 18.3 Å². The number of amides is 2. The predicted octanol–water partition coefficient (Wildman–Crippen LogP) is 1.81. The Morgan fingerprint density at radius 1 is 1.29 bits per heavy atom. The summed E-state index contributed by atoms with van der Waals surface area (Å²) in [5.41, 5.74) is 0.640. The van der Waals surface area contributed by atoms with Gasteiger partial charge in [-0.05, 0) is 30.9 Å². The lowest BCUT2D eigenvalue weighted by Gasteiger charge is -2.36. The lowest BCUT2D eigenvalue weighted by atomic mass is 9.84. The first-order valence-corrected chi connectivity index (χ1v) is 10.1. The number of ether oxygens (including phenoxy) is 1. The lowest BCUT2D eigenvalue weighted by molar-refractivity contribution is -0.192. The van der Waals surface area contributed by atoms with Crippen LogP contribution in [0, 0.1) is 11.8 Å². The van der Waals surface area contributed by atoms with Gasteiger partial charge in [-0.15, -0.1) is 0 Å². The van der Waals surface area contributed by atoms with Crippen molar-refractivity contribution in [2.75, 3.05) is 32.8 Å². The molecule has 0 unspecified atom stereocenters. The number of rotatable bonds is 3. The number of fused-ring (bicyclic) bond motifs is 1. The average molecular weight is 443 g/mol. The Kier molecular flexibility index (Phi) is 7.14.